The summed E-state index contributed by atoms with van der Waals surface area (Å²) in [5.41, 5.74) is 4.16. The van der Waals surface area contributed by atoms with Crippen molar-refractivity contribution in [2.75, 3.05) is 19.0 Å². The summed E-state index contributed by atoms with van der Waals surface area (Å²) in [6, 6.07) is 17.3. The van der Waals surface area contributed by atoms with Crippen LogP contribution < -0.4 is 10.1 Å². The first-order valence-corrected chi connectivity index (χ1v) is 12.1. The number of rotatable bonds is 7. The van der Waals surface area contributed by atoms with Gasteiger partial charge in [-0.25, -0.2) is 4.79 Å². The predicted octanol–water partition coefficient (Wildman–Crippen LogP) is 6.24. The zero-order chi connectivity index (χ0) is 25.8. The second-order valence-corrected chi connectivity index (χ2v) is 9.25. The molecule has 0 saturated carbocycles. The van der Waals surface area contributed by atoms with E-state index in [4.69, 9.17) is 9.47 Å². The highest BCUT2D eigenvalue weighted by Crippen LogP contribution is 2.36. The number of ether oxygens (including phenoxy) is 2. The number of nitriles is 1. The summed E-state index contributed by atoms with van der Waals surface area (Å²) in [6.07, 6.45) is 1.56. The molecule has 1 amide bonds. The van der Waals surface area contributed by atoms with Gasteiger partial charge in [-0.1, -0.05) is 30.3 Å². The normalized spacial score (nSPS) is 11.2. The van der Waals surface area contributed by atoms with Crippen LogP contribution in [0.3, 0.4) is 0 Å². The monoisotopic (exact) mass is 499 g/mol. The van der Waals surface area contributed by atoms with Crippen molar-refractivity contribution in [3.8, 4) is 23.1 Å². The van der Waals surface area contributed by atoms with E-state index >= 15 is 0 Å². The molecular formula is C28H25N3O4S. The minimum atomic E-state index is -0.611. The van der Waals surface area contributed by atoms with Gasteiger partial charge in [0.25, 0.3) is 5.91 Å². The van der Waals surface area contributed by atoms with E-state index in [1.54, 1.807) is 27.0 Å². The molecule has 0 unspecified atom stereocenters. The molecule has 0 aliphatic carbocycles. The Morgan fingerprint density at radius 1 is 1.17 bits per heavy atom. The summed E-state index contributed by atoms with van der Waals surface area (Å²) in [5, 5.41) is 13.9. The highest BCUT2D eigenvalue weighted by atomic mass is 32.1. The third kappa shape index (κ3) is 4.74. The van der Waals surface area contributed by atoms with E-state index in [1.165, 1.54) is 11.3 Å². The zero-order valence-electron chi connectivity index (χ0n) is 20.4. The fraction of sp³-hybridized carbons (Fsp3) is 0.179. The Labute approximate surface area is 213 Å². The van der Waals surface area contributed by atoms with Gasteiger partial charge in [0.05, 0.1) is 25.0 Å². The van der Waals surface area contributed by atoms with Gasteiger partial charge >= 0.3 is 5.97 Å². The van der Waals surface area contributed by atoms with Crippen LogP contribution in [-0.4, -0.2) is 30.6 Å². The van der Waals surface area contributed by atoms with Crippen LogP contribution in [-0.2, 0) is 9.53 Å². The van der Waals surface area contributed by atoms with Gasteiger partial charge in [-0.2, -0.15) is 5.26 Å². The van der Waals surface area contributed by atoms with Crippen LogP contribution in [0, 0.1) is 25.2 Å². The number of hydrogen-bond donors (Lipinski definition) is 2. The number of fused-ring (bicyclic) bond motifs is 1. The number of esters is 1. The predicted molar refractivity (Wildman–Crippen MR) is 142 cm³/mol. The quantitative estimate of drug-likeness (QED) is 0.178. The average Bonchev–Trinajstić information content (AvgIpc) is 3.38. The number of carbonyl (C=O) groups excluding carboxylic acids is 2. The SMILES string of the molecule is CCOC(=O)c1c(NC(=O)/C(C#N)=C/c2c(-c3ccccc3)[nH]c3ccc(OC)cc23)sc(C)c1C. The van der Waals surface area contributed by atoms with Crippen molar-refractivity contribution in [2.45, 2.75) is 20.8 Å². The maximum Gasteiger partial charge on any atom is 0.341 e. The van der Waals surface area contributed by atoms with E-state index in [0.717, 1.165) is 32.6 Å². The first-order valence-electron chi connectivity index (χ1n) is 11.3. The van der Waals surface area contributed by atoms with Gasteiger partial charge in [-0.15, -0.1) is 11.3 Å². The number of carbonyl (C=O) groups is 2. The molecule has 2 N–H and O–H groups in total. The lowest BCUT2D eigenvalue weighted by Gasteiger charge is -2.07. The molecular weight excluding hydrogens is 474 g/mol. The molecule has 7 nitrogen and oxygen atoms in total. The van der Waals surface area contributed by atoms with E-state index in [-0.39, 0.29) is 12.2 Å². The molecule has 0 saturated heterocycles. The number of amides is 1. The molecule has 36 heavy (non-hydrogen) atoms. The Morgan fingerprint density at radius 2 is 1.92 bits per heavy atom. The lowest BCUT2D eigenvalue weighted by atomic mass is 10.0. The van der Waals surface area contributed by atoms with Gasteiger partial charge in [-0.3, -0.25) is 4.79 Å². The van der Waals surface area contributed by atoms with Gasteiger partial charge in [0, 0.05) is 21.3 Å². The third-order valence-electron chi connectivity index (χ3n) is 5.85. The molecule has 0 atom stereocenters. The van der Waals surface area contributed by atoms with Crippen LogP contribution in [0.1, 0.15) is 33.3 Å². The van der Waals surface area contributed by atoms with E-state index in [0.29, 0.717) is 21.9 Å². The Morgan fingerprint density at radius 3 is 2.58 bits per heavy atom. The Balaban J connectivity index is 1.80. The van der Waals surface area contributed by atoms with Gasteiger partial charge in [0.2, 0.25) is 0 Å². The van der Waals surface area contributed by atoms with E-state index in [9.17, 15) is 14.9 Å². The minimum absolute atomic E-state index is 0.102. The van der Waals surface area contributed by atoms with Crippen molar-refractivity contribution in [3.05, 3.63) is 75.7 Å². The summed E-state index contributed by atoms with van der Waals surface area (Å²) < 4.78 is 10.6. The molecule has 2 heterocycles. The summed E-state index contributed by atoms with van der Waals surface area (Å²) in [5.74, 6) is -0.463. The molecule has 8 heteroatoms. The minimum Gasteiger partial charge on any atom is -0.497 e. The van der Waals surface area contributed by atoms with Gasteiger partial charge in [0.15, 0.2) is 0 Å². The van der Waals surface area contributed by atoms with Gasteiger partial charge in [0.1, 0.15) is 22.4 Å². The van der Waals surface area contributed by atoms with Crippen LogP contribution in [0.5, 0.6) is 5.75 Å². The number of aryl methyl sites for hydroxylation is 1. The average molecular weight is 500 g/mol. The molecule has 182 valence electrons. The zero-order valence-corrected chi connectivity index (χ0v) is 21.2. The number of aromatic amines is 1. The van der Waals surface area contributed by atoms with Crippen molar-refractivity contribution in [3.63, 3.8) is 0 Å². The Hall–Kier alpha value is -4.35. The van der Waals surface area contributed by atoms with E-state index < -0.39 is 11.9 Å². The fourth-order valence-corrected chi connectivity index (χ4v) is 4.97. The lowest BCUT2D eigenvalue weighted by Crippen LogP contribution is -2.16. The highest BCUT2D eigenvalue weighted by molar-refractivity contribution is 7.16. The first kappa shape index (κ1) is 24.8. The maximum atomic E-state index is 13.2. The maximum absolute atomic E-state index is 13.2. The summed E-state index contributed by atoms with van der Waals surface area (Å²) in [6.45, 7) is 5.61. The van der Waals surface area contributed by atoms with Gasteiger partial charge < -0.3 is 19.8 Å². The number of nitrogens with one attached hydrogen (secondary N) is 2. The Bertz CT molecular complexity index is 1520. The van der Waals surface area contributed by atoms with Crippen LogP contribution in [0.2, 0.25) is 0 Å². The molecule has 0 radical (unpaired) electrons. The van der Waals surface area contributed by atoms with Gasteiger partial charge in [-0.05, 0) is 56.2 Å². The number of methoxy groups -OCH3 is 1. The van der Waals surface area contributed by atoms with Crippen LogP contribution in [0.25, 0.3) is 28.2 Å². The van der Waals surface area contributed by atoms with E-state index in [2.05, 4.69) is 10.3 Å². The second-order valence-electron chi connectivity index (χ2n) is 8.02. The molecule has 4 aromatic rings. The van der Waals surface area contributed by atoms with Crippen molar-refractivity contribution in [1.82, 2.24) is 4.98 Å². The van der Waals surface area contributed by atoms with Crippen molar-refractivity contribution < 1.29 is 19.1 Å². The highest BCUT2D eigenvalue weighted by Gasteiger charge is 2.24. The van der Waals surface area contributed by atoms with Crippen molar-refractivity contribution in [2.24, 2.45) is 0 Å². The standard InChI is InChI=1S/C28H25N3O4S/c1-5-35-28(33)24-16(2)17(3)36-27(24)31-26(32)19(15-29)13-22-21-14-20(34-4)11-12-23(21)30-25(22)18-9-7-6-8-10-18/h6-14,30H,5H2,1-4H3,(H,31,32)/b19-13+. The van der Waals surface area contributed by atoms with Crippen LogP contribution in [0.4, 0.5) is 5.00 Å². The van der Waals surface area contributed by atoms with Crippen LogP contribution >= 0.6 is 11.3 Å². The summed E-state index contributed by atoms with van der Waals surface area (Å²) in [4.78, 5) is 30.0. The van der Waals surface area contributed by atoms with Crippen molar-refractivity contribution in [1.29, 1.82) is 5.26 Å². The second kappa shape index (κ2) is 10.5. The smallest absolute Gasteiger partial charge is 0.341 e. The molecule has 2 aromatic carbocycles. The van der Waals surface area contributed by atoms with E-state index in [1.807, 2.05) is 61.5 Å². The third-order valence-corrected chi connectivity index (χ3v) is 6.98. The molecule has 2 aromatic heterocycles. The molecule has 0 aliphatic heterocycles. The fourth-order valence-electron chi connectivity index (χ4n) is 3.93. The van der Waals surface area contributed by atoms with Crippen LogP contribution in [0.15, 0.2) is 54.1 Å². The summed E-state index contributed by atoms with van der Waals surface area (Å²) in [7, 11) is 1.59. The molecule has 0 fully saturated rings. The number of aromatic nitrogens is 1. The summed E-state index contributed by atoms with van der Waals surface area (Å²) >= 11 is 1.27. The largest absolute Gasteiger partial charge is 0.497 e. The number of nitrogens with zero attached hydrogens (tertiary/aromatic N) is 1. The topological polar surface area (TPSA) is 104 Å². The van der Waals surface area contributed by atoms with Crippen molar-refractivity contribution >= 4 is 45.2 Å². The number of benzene rings is 2. The molecule has 0 bridgehead atoms. The number of H-pyrrole nitrogens is 1. The molecule has 0 aliphatic rings. The molecule has 4 rings (SSSR count). The molecule has 0 spiro atoms. The number of anilines is 1. The lowest BCUT2D eigenvalue weighted by molar-refractivity contribution is -0.112. The first-order chi connectivity index (χ1) is 17.4. The Kier molecular flexibility index (Phi) is 7.23. The number of hydrogen-bond acceptors (Lipinski definition) is 6. The number of thiophene rings is 1.